The van der Waals surface area contributed by atoms with Crippen molar-refractivity contribution >= 4 is 5.69 Å². The van der Waals surface area contributed by atoms with E-state index < -0.39 is 6.10 Å². The van der Waals surface area contributed by atoms with E-state index in [4.69, 9.17) is 5.73 Å². The summed E-state index contributed by atoms with van der Waals surface area (Å²) in [5.41, 5.74) is 7.58. The average molecular weight is 167 g/mol. The van der Waals surface area contributed by atoms with Crippen LogP contribution >= 0.6 is 0 Å². The normalized spacial score (nSPS) is 21.0. The second-order valence-electron chi connectivity index (χ2n) is 3.16. The van der Waals surface area contributed by atoms with Crippen LogP contribution in [0, 0.1) is 5.82 Å². The predicted molar refractivity (Wildman–Crippen MR) is 44.2 cm³/mol. The van der Waals surface area contributed by atoms with Gasteiger partial charge in [0, 0.05) is 18.5 Å². The van der Waals surface area contributed by atoms with Crippen LogP contribution < -0.4 is 5.73 Å². The largest absolute Gasteiger partial charge is 0.398 e. The second kappa shape index (κ2) is 2.45. The van der Waals surface area contributed by atoms with Gasteiger partial charge in [-0.25, -0.2) is 4.39 Å². The van der Waals surface area contributed by atoms with Crippen LogP contribution in [0.1, 0.15) is 11.1 Å². The van der Waals surface area contributed by atoms with E-state index in [0.29, 0.717) is 24.1 Å². The van der Waals surface area contributed by atoms with Crippen molar-refractivity contribution in [2.45, 2.75) is 18.9 Å². The number of nitrogen functional groups attached to an aromatic ring is 1. The zero-order valence-corrected chi connectivity index (χ0v) is 6.55. The zero-order valence-electron chi connectivity index (χ0n) is 6.55. The van der Waals surface area contributed by atoms with Crippen molar-refractivity contribution in [1.29, 1.82) is 0 Å². The van der Waals surface area contributed by atoms with Gasteiger partial charge in [0.25, 0.3) is 0 Å². The first-order valence-electron chi connectivity index (χ1n) is 3.92. The van der Waals surface area contributed by atoms with E-state index in [1.807, 2.05) is 0 Å². The molecule has 3 heteroatoms. The first-order valence-corrected chi connectivity index (χ1v) is 3.92. The van der Waals surface area contributed by atoms with Crippen LogP contribution in [0.5, 0.6) is 0 Å². The van der Waals surface area contributed by atoms with Crippen LogP contribution in [0.3, 0.4) is 0 Å². The van der Waals surface area contributed by atoms with E-state index >= 15 is 0 Å². The highest BCUT2D eigenvalue weighted by atomic mass is 19.1. The molecule has 0 unspecified atom stereocenters. The van der Waals surface area contributed by atoms with Crippen molar-refractivity contribution in [3.05, 3.63) is 29.1 Å². The third kappa shape index (κ3) is 0.975. The Balaban J connectivity index is 2.56. The Morgan fingerprint density at radius 3 is 2.67 bits per heavy atom. The van der Waals surface area contributed by atoms with Crippen LogP contribution in [0.2, 0.25) is 0 Å². The second-order valence-corrected chi connectivity index (χ2v) is 3.16. The fourth-order valence-electron chi connectivity index (χ4n) is 1.69. The molecule has 0 heterocycles. The molecule has 12 heavy (non-hydrogen) atoms. The van der Waals surface area contributed by atoms with Crippen molar-refractivity contribution in [2.75, 3.05) is 5.73 Å². The number of rotatable bonds is 0. The molecule has 0 amide bonds. The van der Waals surface area contributed by atoms with Gasteiger partial charge in [0.05, 0.1) is 6.10 Å². The van der Waals surface area contributed by atoms with Crippen molar-refractivity contribution in [1.82, 2.24) is 0 Å². The summed E-state index contributed by atoms with van der Waals surface area (Å²) in [6, 6.07) is 2.90. The van der Waals surface area contributed by atoms with Gasteiger partial charge in [-0.15, -0.1) is 0 Å². The number of aliphatic hydroxyl groups is 1. The molecule has 64 valence electrons. The molecule has 0 radical (unpaired) electrons. The first kappa shape index (κ1) is 7.55. The van der Waals surface area contributed by atoms with E-state index in [0.717, 1.165) is 5.56 Å². The smallest absolute Gasteiger partial charge is 0.126 e. The van der Waals surface area contributed by atoms with Gasteiger partial charge in [-0.3, -0.25) is 0 Å². The van der Waals surface area contributed by atoms with Crippen molar-refractivity contribution in [3.8, 4) is 0 Å². The number of benzene rings is 1. The zero-order chi connectivity index (χ0) is 8.72. The molecule has 1 aliphatic carbocycles. The average Bonchev–Trinajstić information content (AvgIpc) is 2.41. The van der Waals surface area contributed by atoms with Gasteiger partial charge in [-0.05, 0) is 23.3 Å². The molecule has 0 fully saturated rings. The standard InChI is InChI=1S/C9H10FNO/c10-8-1-2-9(11)7-4-5(12)3-6(7)8/h1-2,5,12H,3-4,11H2/t5-/m1/s1. The minimum absolute atomic E-state index is 0.254. The summed E-state index contributed by atoms with van der Waals surface area (Å²) in [5, 5.41) is 9.28. The number of fused-ring (bicyclic) bond motifs is 1. The van der Waals surface area contributed by atoms with Crippen molar-refractivity contribution < 1.29 is 9.50 Å². The lowest BCUT2D eigenvalue weighted by Crippen LogP contribution is -2.04. The number of hydrogen-bond donors (Lipinski definition) is 2. The minimum Gasteiger partial charge on any atom is -0.398 e. The fraction of sp³-hybridized carbons (Fsp3) is 0.333. The molecule has 1 aromatic rings. The van der Waals surface area contributed by atoms with Crippen molar-refractivity contribution in [2.24, 2.45) is 0 Å². The van der Waals surface area contributed by atoms with Gasteiger partial charge in [-0.2, -0.15) is 0 Å². The molecule has 1 atom stereocenters. The monoisotopic (exact) mass is 167 g/mol. The van der Waals surface area contributed by atoms with Gasteiger partial charge in [0.1, 0.15) is 5.82 Å². The summed E-state index contributed by atoms with van der Waals surface area (Å²) in [6.07, 6.45) is 0.421. The van der Waals surface area contributed by atoms with Crippen LogP contribution in [-0.4, -0.2) is 11.2 Å². The molecule has 3 N–H and O–H groups in total. The van der Waals surface area contributed by atoms with E-state index in [1.54, 1.807) is 6.07 Å². The maximum absolute atomic E-state index is 13.1. The maximum Gasteiger partial charge on any atom is 0.126 e. The summed E-state index contributed by atoms with van der Waals surface area (Å²) >= 11 is 0. The number of hydrogen-bond acceptors (Lipinski definition) is 2. The van der Waals surface area contributed by atoms with Gasteiger partial charge in [-0.1, -0.05) is 0 Å². The Labute approximate surface area is 69.8 Å². The molecule has 1 aromatic carbocycles. The highest BCUT2D eigenvalue weighted by Gasteiger charge is 2.23. The molecular weight excluding hydrogens is 157 g/mol. The third-order valence-corrected chi connectivity index (χ3v) is 2.29. The Hall–Kier alpha value is -1.09. The van der Waals surface area contributed by atoms with E-state index in [9.17, 15) is 9.50 Å². The molecule has 2 rings (SSSR count). The molecule has 0 aromatic heterocycles. The van der Waals surface area contributed by atoms with E-state index in [2.05, 4.69) is 0 Å². The van der Waals surface area contributed by atoms with Crippen LogP contribution in [-0.2, 0) is 12.8 Å². The third-order valence-electron chi connectivity index (χ3n) is 2.29. The molecular formula is C9H10FNO. The molecule has 0 spiro atoms. The summed E-state index contributed by atoms with van der Waals surface area (Å²) in [4.78, 5) is 0. The van der Waals surface area contributed by atoms with Gasteiger partial charge >= 0.3 is 0 Å². The van der Waals surface area contributed by atoms with E-state index in [1.165, 1.54) is 6.07 Å². The molecule has 0 saturated carbocycles. The molecule has 0 bridgehead atoms. The number of halogens is 1. The molecule has 0 saturated heterocycles. The lowest BCUT2D eigenvalue weighted by atomic mass is 10.1. The quantitative estimate of drug-likeness (QED) is 0.563. The lowest BCUT2D eigenvalue weighted by Gasteiger charge is -2.02. The summed E-state index contributed by atoms with van der Waals surface area (Å²) in [7, 11) is 0. The van der Waals surface area contributed by atoms with Crippen LogP contribution in [0.15, 0.2) is 12.1 Å². The molecule has 2 nitrogen and oxygen atoms in total. The Kier molecular flexibility index (Phi) is 1.54. The number of aliphatic hydroxyl groups excluding tert-OH is 1. The summed E-state index contributed by atoms with van der Waals surface area (Å²) < 4.78 is 13.1. The fourth-order valence-corrected chi connectivity index (χ4v) is 1.69. The topological polar surface area (TPSA) is 46.2 Å². The maximum atomic E-state index is 13.1. The molecule has 0 aliphatic heterocycles. The SMILES string of the molecule is Nc1ccc(F)c2c1C[C@H](O)C2. The minimum atomic E-state index is -0.459. The van der Waals surface area contributed by atoms with Crippen LogP contribution in [0.4, 0.5) is 10.1 Å². The number of nitrogens with two attached hydrogens (primary N) is 1. The lowest BCUT2D eigenvalue weighted by molar-refractivity contribution is 0.186. The highest BCUT2D eigenvalue weighted by molar-refractivity contribution is 5.54. The highest BCUT2D eigenvalue weighted by Crippen LogP contribution is 2.29. The summed E-state index contributed by atoms with van der Waals surface area (Å²) in [5.74, 6) is -0.254. The van der Waals surface area contributed by atoms with E-state index in [-0.39, 0.29) is 5.82 Å². The Morgan fingerprint density at radius 2 is 2.00 bits per heavy atom. The Morgan fingerprint density at radius 1 is 1.33 bits per heavy atom. The van der Waals surface area contributed by atoms with Gasteiger partial charge in [0.2, 0.25) is 0 Å². The predicted octanol–water partition coefficient (Wildman–Crippen LogP) is 0.867. The Bertz CT molecular complexity index is 294. The van der Waals surface area contributed by atoms with Gasteiger partial charge in [0.15, 0.2) is 0 Å². The summed E-state index contributed by atoms with van der Waals surface area (Å²) in [6.45, 7) is 0. The van der Waals surface area contributed by atoms with Crippen molar-refractivity contribution in [3.63, 3.8) is 0 Å². The first-order chi connectivity index (χ1) is 5.68. The van der Waals surface area contributed by atoms with Gasteiger partial charge < -0.3 is 10.8 Å². The van der Waals surface area contributed by atoms with Crippen LogP contribution in [0.25, 0.3) is 0 Å². The molecule has 1 aliphatic rings. The number of anilines is 1.